The summed E-state index contributed by atoms with van der Waals surface area (Å²) in [5.74, 6) is 1.01. The zero-order valence-corrected chi connectivity index (χ0v) is 13.9. The second-order valence-corrected chi connectivity index (χ2v) is 6.48. The van der Waals surface area contributed by atoms with Crippen molar-refractivity contribution >= 4 is 15.9 Å². The van der Waals surface area contributed by atoms with Crippen molar-refractivity contribution in [3.8, 4) is 5.75 Å². The van der Waals surface area contributed by atoms with E-state index in [-0.39, 0.29) is 5.54 Å². The van der Waals surface area contributed by atoms with E-state index in [4.69, 9.17) is 10.5 Å². The van der Waals surface area contributed by atoms with Crippen LogP contribution in [0.4, 0.5) is 0 Å². The van der Waals surface area contributed by atoms with Gasteiger partial charge < -0.3 is 10.5 Å². The van der Waals surface area contributed by atoms with E-state index in [0.717, 1.165) is 18.6 Å². The summed E-state index contributed by atoms with van der Waals surface area (Å²) < 4.78 is 6.78. The Bertz CT molecular complexity index is 447. The number of methoxy groups -OCH3 is 1. The fourth-order valence-electron chi connectivity index (χ4n) is 2.17. The summed E-state index contributed by atoms with van der Waals surface area (Å²) in [6.45, 7) is 10.5. The number of hydrogen-bond donors (Lipinski definition) is 1. The zero-order valence-electron chi connectivity index (χ0n) is 12.3. The van der Waals surface area contributed by atoms with Gasteiger partial charge >= 0.3 is 0 Å². The third-order valence-electron chi connectivity index (χ3n) is 3.51. The van der Waals surface area contributed by atoms with Crippen molar-refractivity contribution in [2.24, 2.45) is 5.73 Å². The van der Waals surface area contributed by atoms with Crippen LogP contribution < -0.4 is 10.5 Å². The molecule has 0 unspecified atom stereocenters. The molecule has 0 atom stereocenters. The maximum atomic E-state index is 6.08. The van der Waals surface area contributed by atoms with Crippen molar-refractivity contribution in [2.75, 3.05) is 7.11 Å². The highest BCUT2D eigenvalue weighted by Gasteiger charge is 2.19. The van der Waals surface area contributed by atoms with Gasteiger partial charge in [-0.15, -0.1) is 0 Å². The predicted octanol–water partition coefficient (Wildman–Crippen LogP) is 4.05. The molecule has 0 spiro atoms. The molecule has 0 amide bonds. The van der Waals surface area contributed by atoms with E-state index in [9.17, 15) is 0 Å². The highest BCUT2D eigenvalue weighted by atomic mass is 79.9. The van der Waals surface area contributed by atoms with Gasteiger partial charge in [0.15, 0.2) is 0 Å². The van der Waals surface area contributed by atoms with E-state index < -0.39 is 0 Å². The quantitative estimate of drug-likeness (QED) is 0.910. The van der Waals surface area contributed by atoms with Crippen molar-refractivity contribution in [3.05, 3.63) is 26.7 Å². The molecular formula is C15H24BrNO. The molecular weight excluding hydrogens is 290 g/mol. The highest BCUT2D eigenvalue weighted by molar-refractivity contribution is 9.10. The molecule has 0 aliphatic heterocycles. The second-order valence-electron chi connectivity index (χ2n) is 5.69. The Labute approximate surface area is 119 Å². The Morgan fingerprint density at radius 2 is 1.67 bits per heavy atom. The molecule has 3 heteroatoms. The lowest BCUT2D eigenvalue weighted by atomic mass is 9.91. The molecule has 0 aliphatic rings. The van der Waals surface area contributed by atoms with Gasteiger partial charge in [-0.1, -0.05) is 15.9 Å². The molecule has 0 saturated carbocycles. The molecule has 0 saturated heterocycles. The summed E-state index contributed by atoms with van der Waals surface area (Å²) in [4.78, 5) is 0. The molecule has 1 aromatic rings. The van der Waals surface area contributed by atoms with Gasteiger partial charge in [-0.3, -0.25) is 0 Å². The Morgan fingerprint density at radius 1 is 1.11 bits per heavy atom. The minimum Gasteiger partial charge on any atom is -0.496 e. The van der Waals surface area contributed by atoms with Crippen molar-refractivity contribution in [3.63, 3.8) is 0 Å². The van der Waals surface area contributed by atoms with Crippen molar-refractivity contribution in [2.45, 2.75) is 53.0 Å². The SMILES string of the molecule is COc1c(C)c(C)c(Br)c(C)c1CCC(C)(C)N. The molecule has 102 valence electrons. The number of ether oxygens (including phenoxy) is 1. The van der Waals surface area contributed by atoms with Crippen LogP contribution in [0.15, 0.2) is 4.47 Å². The molecule has 1 rings (SSSR count). The Hall–Kier alpha value is -0.540. The lowest BCUT2D eigenvalue weighted by Gasteiger charge is -2.22. The van der Waals surface area contributed by atoms with Crippen LogP contribution in [0.3, 0.4) is 0 Å². The van der Waals surface area contributed by atoms with Crippen molar-refractivity contribution in [1.29, 1.82) is 0 Å². The van der Waals surface area contributed by atoms with E-state index in [0.29, 0.717) is 0 Å². The predicted molar refractivity (Wildman–Crippen MR) is 81.5 cm³/mol. The third-order valence-corrected chi connectivity index (χ3v) is 4.70. The number of benzene rings is 1. The first-order chi connectivity index (χ1) is 8.19. The topological polar surface area (TPSA) is 35.2 Å². The van der Waals surface area contributed by atoms with Crippen LogP contribution in [0.5, 0.6) is 5.75 Å². The van der Waals surface area contributed by atoms with Gasteiger partial charge in [-0.05, 0) is 69.7 Å². The Kier molecular flexibility index (Phi) is 4.84. The van der Waals surface area contributed by atoms with Crippen LogP contribution in [-0.2, 0) is 6.42 Å². The molecule has 2 nitrogen and oxygen atoms in total. The van der Waals surface area contributed by atoms with E-state index in [1.165, 1.54) is 26.7 Å². The molecule has 0 aromatic heterocycles. The average molecular weight is 314 g/mol. The van der Waals surface area contributed by atoms with Crippen LogP contribution in [0, 0.1) is 20.8 Å². The monoisotopic (exact) mass is 313 g/mol. The molecule has 18 heavy (non-hydrogen) atoms. The van der Waals surface area contributed by atoms with Gasteiger partial charge in [0, 0.05) is 10.0 Å². The van der Waals surface area contributed by atoms with Gasteiger partial charge in [-0.25, -0.2) is 0 Å². The minimum atomic E-state index is -0.150. The van der Waals surface area contributed by atoms with Crippen molar-refractivity contribution < 1.29 is 4.74 Å². The van der Waals surface area contributed by atoms with E-state index in [2.05, 4.69) is 50.5 Å². The minimum absolute atomic E-state index is 0.150. The fourth-order valence-corrected chi connectivity index (χ4v) is 2.71. The summed E-state index contributed by atoms with van der Waals surface area (Å²) in [5.41, 5.74) is 10.9. The maximum absolute atomic E-state index is 6.08. The zero-order chi connectivity index (χ0) is 14.1. The molecule has 2 N–H and O–H groups in total. The van der Waals surface area contributed by atoms with Crippen LogP contribution in [-0.4, -0.2) is 12.6 Å². The van der Waals surface area contributed by atoms with Crippen LogP contribution in [0.1, 0.15) is 42.5 Å². The van der Waals surface area contributed by atoms with E-state index in [1.807, 2.05) is 0 Å². The molecule has 0 bridgehead atoms. The van der Waals surface area contributed by atoms with Gasteiger partial charge in [-0.2, -0.15) is 0 Å². The van der Waals surface area contributed by atoms with Crippen molar-refractivity contribution in [1.82, 2.24) is 0 Å². The number of hydrogen-bond acceptors (Lipinski definition) is 2. The first-order valence-electron chi connectivity index (χ1n) is 6.30. The largest absolute Gasteiger partial charge is 0.496 e. The van der Waals surface area contributed by atoms with Crippen LogP contribution >= 0.6 is 15.9 Å². The third kappa shape index (κ3) is 3.27. The molecule has 0 heterocycles. The van der Waals surface area contributed by atoms with Gasteiger partial charge in [0.25, 0.3) is 0 Å². The van der Waals surface area contributed by atoms with E-state index in [1.54, 1.807) is 7.11 Å². The maximum Gasteiger partial charge on any atom is 0.125 e. The Balaban J connectivity index is 3.25. The summed E-state index contributed by atoms with van der Waals surface area (Å²) in [5, 5.41) is 0. The van der Waals surface area contributed by atoms with E-state index >= 15 is 0 Å². The number of halogens is 1. The molecule has 0 aliphatic carbocycles. The van der Waals surface area contributed by atoms with Gasteiger partial charge in [0.05, 0.1) is 7.11 Å². The standard InChI is InChI=1S/C15H24BrNO/c1-9-10(2)14(18-6)12(11(3)13(9)16)7-8-15(4,5)17/h7-8,17H2,1-6H3. The summed E-state index contributed by atoms with van der Waals surface area (Å²) >= 11 is 3.68. The summed E-state index contributed by atoms with van der Waals surface area (Å²) in [6.07, 6.45) is 1.89. The highest BCUT2D eigenvalue weighted by Crippen LogP contribution is 2.37. The van der Waals surface area contributed by atoms with Gasteiger partial charge in [0.1, 0.15) is 5.75 Å². The first kappa shape index (κ1) is 15.5. The number of nitrogens with two attached hydrogens (primary N) is 1. The lowest BCUT2D eigenvalue weighted by Crippen LogP contribution is -2.32. The fraction of sp³-hybridized carbons (Fsp3) is 0.600. The lowest BCUT2D eigenvalue weighted by molar-refractivity contribution is 0.400. The van der Waals surface area contributed by atoms with Gasteiger partial charge in [0.2, 0.25) is 0 Å². The molecule has 0 fully saturated rings. The number of rotatable bonds is 4. The average Bonchev–Trinajstić information content (AvgIpc) is 2.28. The Morgan fingerprint density at radius 3 is 2.11 bits per heavy atom. The normalized spacial score (nSPS) is 11.8. The summed E-state index contributed by atoms with van der Waals surface area (Å²) in [6, 6.07) is 0. The van der Waals surface area contributed by atoms with Crippen LogP contribution in [0.2, 0.25) is 0 Å². The molecule has 0 radical (unpaired) electrons. The summed E-state index contributed by atoms with van der Waals surface area (Å²) in [7, 11) is 1.74. The second kappa shape index (κ2) is 5.62. The van der Waals surface area contributed by atoms with Crippen LogP contribution in [0.25, 0.3) is 0 Å². The smallest absolute Gasteiger partial charge is 0.125 e. The molecule has 1 aromatic carbocycles. The first-order valence-corrected chi connectivity index (χ1v) is 7.09.